The predicted molar refractivity (Wildman–Crippen MR) is 132 cm³/mol. The second kappa shape index (κ2) is 10.8. The molecule has 1 heterocycles. The van der Waals surface area contributed by atoms with Crippen LogP contribution >= 0.6 is 11.6 Å². The molecule has 0 aliphatic heterocycles. The summed E-state index contributed by atoms with van der Waals surface area (Å²) in [7, 11) is -3.62. The molecular formula is C25H24ClN3O3S. The summed E-state index contributed by atoms with van der Waals surface area (Å²) < 4.78 is 34.0. The van der Waals surface area contributed by atoms with E-state index in [2.05, 4.69) is 15.0 Å². The summed E-state index contributed by atoms with van der Waals surface area (Å²) in [6, 6.07) is 22.3. The minimum Gasteiger partial charge on any atom is -0.492 e. The average molecular weight is 482 g/mol. The molecule has 1 aromatic heterocycles. The molecule has 2 N–H and O–H groups in total. The van der Waals surface area contributed by atoms with Crippen molar-refractivity contribution in [3.63, 3.8) is 0 Å². The molecule has 0 saturated carbocycles. The van der Waals surface area contributed by atoms with E-state index in [1.807, 2.05) is 48.5 Å². The third-order valence-corrected chi connectivity index (χ3v) is 6.84. The van der Waals surface area contributed by atoms with Crippen LogP contribution in [0.15, 0.2) is 90.1 Å². The summed E-state index contributed by atoms with van der Waals surface area (Å²) in [6.07, 6.45) is 3.24. The number of rotatable bonds is 10. The second-order valence-electron chi connectivity index (χ2n) is 7.36. The Balaban J connectivity index is 1.26. The fourth-order valence-electron chi connectivity index (χ4n) is 3.51. The van der Waals surface area contributed by atoms with Crippen LogP contribution in [0.25, 0.3) is 21.9 Å². The Morgan fingerprint density at radius 1 is 0.909 bits per heavy atom. The van der Waals surface area contributed by atoms with Crippen LogP contribution in [0.5, 0.6) is 5.75 Å². The van der Waals surface area contributed by atoms with Gasteiger partial charge in [0.25, 0.3) is 0 Å². The van der Waals surface area contributed by atoms with Crippen molar-refractivity contribution in [2.45, 2.75) is 4.90 Å². The maximum Gasteiger partial charge on any atom is 0.241 e. The van der Waals surface area contributed by atoms with Gasteiger partial charge in [-0.15, -0.1) is 0 Å². The van der Waals surface area contributed by atoms with Gasteiger partial charge in [-0.05, 0) is 35.9 Å². The Kier molecular flexibility index (Phi) is 7.57. The van der Waals surface area contributed by atoms with E-state index in [1.165, 1.54) is 0 Å². The van der Waals surface area contributed by atoms with E-state index >= 15 is 0 Å². The second-order valence-corrected chi connectivity index (χ2v) is 9.53. The Morgan fingerprint density at radius 2 is 1.76 bits per heavy atom. The third kappa shape index (κ3) is 5.89. The summed E-state index contributed by atoms with van der Waals surface area (Å²) in [5.74, 6) is 0.749. The minimum absolute atomic E-state index is 0.252. The van der Waals surface area contributed by atoms with E-state index in [4.69, 9.17) is 16.3 Å². The van der Waals surface area contributed by atoms with Crippen molar-refractivity contribution >= 4 is 32.4 Å². The summed E-state index contributed by atoms with van der Waals surface area (Å²) in [5.41, 5.74) is 1.96. The molecule has 4 aromatic rings. The van der Waals surface area contributed by atoms with Gasteiger partial charge in [0, 0.05) is 53.4 Å². The van der Waals surface area contributed by atoms with Crippen LogP contribution in [-0.4, -0.2) is 39.6 Å². The molecule has 8 heteroatoms. The minimum atomic E-state index is -3.62. The lowest BCUT2D eigenvalue weighted by Gasteiger charge is -2.13. The van der Waals surface area contributed by atoms with E-state index in [-0.39, 0.29) is 11.4 Å². The highest BCUT2D eigenvalue weighted by molar-refractivity contribution is 7.89. The number of ether oxygens (including phenoxy) is 1. The van der Waals surface area contributed by atoms with Crippen LogP contribution in [0, 0.1) is 0 Å². The molecule has 0 aliphatic carbocycles. The summed E-state index contributed by atoms with van der Waals surface area (Å²) in [6.45, 7) is 1.74. The Morgan fingerprint density at radius 3 is 2.61 bits per heavy atom. The molecule has 0 aliphatic rings. The molecule has 0 unspecified atom stereocenters. The van der Waals surface area contributed by atoms with Crippen LogP contribution in [0.2, 0.25) is 5.02 Å². The van der Waals surface area contributed by atoms with Gasteiger partial charge in [0.15, 0.2) is 0 Å². The molecule has 4 rings (SSSR count). The van der Waals surface area contributed by atoms with Crippen LogP contribution in [0.4, 0.5) is 0 Å². The first-order valence-electron chi connectivity index (χ1n) is 10.6. The average Bonchev–Trinajstić information content (AvgIpc) is 2.84. The van der Waals surface area contributed by atoms with Crippen molar-refractivity contribution in [1.82, 2.24) is 15.0 Å². The highest BCUT2D eigenvalue weighted by Gasteiger charge is 2.16. The number of sulfonamides is 1. The monoisotopic (exact) mass is 481 g/mol. The fraction of sp³-hybridized carbons (Fsp3) is 0.160. The molecule has 6 nitrogen and oxygen atoms in total. The van der Waals surface area contributed by atoms with Crippen LogP contribution in [-0.2, 0) is 10.0 Å². The number of nitrogens with one attached hydrogen (secondary N) is 2. The summed E-state index contributed by atoms with van der Waals surface area (Å²) in [5, 5.41) is 5.28. The number of aromatic nitrogens is 1. The topological polar surface area (TPSA) is 80.3 Å². The highest BCUT2D eigenvalue weighted by atomic mass is 35.5. The summed E-state index contributed by atoms with van der Waals surface area (Å²) >= 11 is 6.17. The van der Waals surface area contributed by atoms with Crippen molar-refractivity contribution in [1.29, 1.82) is 0 Å². The normalized spacial score (nSPS) is 11.5. The molecule has 0 atom stereocenters. The van der Waals surface area contributed by atoms with E-state index in [0.717, 1.165) is 22.3 Å². The zero-order valence-corrected chi connectivity index (χ0v) is 19.4. The molecule has 0 amide bonds. The van der Waals surface area contributed by atoms with Crippen LogP contribution in [0.3, 0.4) is 0 Å². The van der Waals surface area contributed by atoms with Crippen molar-refractivity contribution in [3.8, 4) is 16.9 Å². The smallest absolute Gasteiger partial charge is 0.241 e. The van der Waals surface area contributed by atoms with Crippen LogP contribution in [0.1, 0.15) is 0 Å². The number of nitrogens with zero attached hydrogens (tertiary/aromatic N) is 1. The number of pyridine rings is 1. The van der Waals surface area contributed by atoms with E-state index < -0.39 is 10.0 Å². The van der Waals surface area contributed by atoms with E-state index in [9.17, 15) is 8.42 Å². The molecule has 3 aromatic carbocycles. The van der Waals surface area contributed by atoms with Gasteiger partial charge in [-0.3, -0.25) is 4.98 Å². The first kappa shape index (κ1) is 23.2. The molecule has 33 heavy (non-hydrogen) atoms. The number of hydrogen-bond acceptors (Lipinski definition) is 5. The lowest BCUT2D eigenvalue weighted by molar-refractivity contribution is 0.316. The van der Waals surface area contributed by atoms with E-state index in [0.29, 0.717) is 30.1 Å². The van der Waals surface area contributed by atoms with Gasteiger partial charge in [0.05, 0.1) is 4.90 Å². The SMILES string of the molecule is O=S(=O)(NCCNCCOc1ccc(Cl)cc1-c1ccccc1)c1cccc2cnccc12. The van der Waals surface area contributed by atoms with Gasteiger partial charge in [-0.25, -0.2) is 13.1 Å². The van der Waals surface area contributed by atoms with Gasteiger partial charge in [-0.2, -0.15) is 0 Å². The maximum atomic E-state index is 12.7. The van der Waals surface area contributed by atoms with Crippen molar-refractivity contribution in [3.05, 3.63) is 90.2 Å². The van der Waals surface area contributed by atoms with Crippen molar-refractivity contribution in [2.75, 3.05) is 26.2 Å². The molecule has 0 saturated heterocycles. The molecule has 170 valence electrons. The van der Waals surface area contributed by atoms with Crippen molar-refractivity contribution < 1.29 is 13.2 Å². The Labute approximate surface area is 198 Å². The standard InChI is InChI=1S/C25H24ClN3O3S/c26-21-9-10-24(23(17-21)19-5-2-1-3-6-19)32-16-15-27-13-14-29-33(30,31)25-8-4-7-20-18-28-12-11-22(20)25/h1-12,17-18,27,29H,13-16H2. The van der Waals surface area contributed by atoms with Gasteiger partial charge in [0.1, 0.15) is 12.4 Å². The third-order valence-electron chi connectivity index (χ3n) is 5.09. The predicted octanol–water partition coefficient (Wildman–Crippen LogP) is 4.50. The molecule has 0 radical (unpaired) electrons. The van der Waals surface area contributed by atoms with E-state index in [1.54, 1.807) is 36.7 Å². The number of benzene rings is 3. The molecule has 0 bridgehead atoms. The molecular weight excluding hydrogens is 458 g/mol. The van der Waals surface area contributed by atoms with Gasteiger partial charge in [0.2, 0.25) is 10.0 Å². The number of hydrogen-bond donors (Lipinski definition) is 2. The fourth-order valence-corrected chi connectivity index (χ4v) is 4.94. The molecule has 0 spiro atoms. The van der Waals surface area contributed by atoms with Gasteiger partial charge < -0.3 is 10.1 Å². The van der Waals surface area contributed by atoms with Gasteiger partial charge in [-0.1, -0.05) is 54.1 Å². The quantitative estimate of drug-likeness (QED) is 0.326. The maximum absolute atomic E-state index is 12.7. The lowest BCUT2D eigenvalue weighted by atomic mass is 10.0. The first-order chi connectivity index (χ1) is 16.0. The van der Waals surface area contributed by atoms with Crippen molar-refractivity contribution in [2.24, 2.45) is 0 Å². The zero-order valence-electron chi connectivity index (χ0n) is 17.9. The largest absolute Gasteiger partial charge is 0.492 e. The highest BCUT2D eigenvalue weighted by Crippen LogP contribution is 2.32. The Bertz CT molecular complexity index is 1330. The summed E-state index contributed by atoms with van der Waals surface area (Å²) in [4.78, 5) is 4.30. The number of halogens is 1. The number of fused-ring (bicyclic) bond motifs is 1. The van der Waals surface area contributed by atoms with Crippen LogP contribution < -0.4 is 14.8 Å². The zero-order chi connectivity index (χ0) is 23.1. The van der Waals surface area contributed by atoms with Gasteiger partial charge >= 0.3 is 0 Å². The Hall–Kier alpha value is -2.97. The lowest BCUT2D eigenvalue weighted by Crippen LogP contribution is -2.33. The molecule has 0 fully saturated rings. The first-order valence-corrected chi connectivity index (χ1v) is 12.4.